The van der Waals surface area contributed by atoms with E-state index in [1.54, 1.807) is 17.8 Å². The lowest BCUT2D eigenvalue weighted by atomic mass is 9.84. The molecule has 1 N–H and O–H groups in total. The van der Waals surface area contributed by atoms with Crippen LogP contribution in [0.2, 0.25) is 0 Å². The van der Waals surface area contributed by atoms with Crippen molar-refractivity contribution in [1.82, 2.24) is 10.2 Å². The van der Waals surface area contributed by atoms with Gasteiger partial charge in [-0.15, -0.1) is 0 Å². The number of carbonyl (C=O) groups excluding carboxylic acids is 1. The number of nitrogens with zero attached hydrogens (tertiary/aromatic N) is 1. The van der Waals surface area contributed by atoms with E-state index in [2.05, 4.69) is 22.3 Å². The molecule has 21 heavy (non-hydrogen) atoms. The number of hydrogen-bond donors (Lipinski definition) is 1. The smallest absolute Gasteiger partial charge is 0.245 e. The normalized spacial score (nSPS) is 28.4. The molecule has 112 valence electrons. The molecule has 2 bridgehead atoms. The Balaban J connectivity index is 1.54. The molecule has 3 nitrogen and oxygen atoms in total. The van der Waals surface area contributed by atoms with Crippen LogP contribution >= 0.6 is 11.8 Å². The number of benzene rings is 1. The van der Waals surface area contributed by atoms with E-state index in [4.69, 9.17) is 0 Å². The molecule has 0 saturated carbocycles. The van der Waals surface area contributed by atoms with Gasteiger partial charge in [-0.1, -0.05) is 30.0 Å². The Morgan fingerprint density at radius 3 is 2.62 bits per heavy atom. The van der Waals surface area contributed by atoms with Crippen molar-refractivity contribution in [3.05, 3.63) is 41.3 Å². The summed E-state index contributed by atoms with van der Waals surface area (Å²) in [5.41, 5.74) is 0. The summed E-state index contributed by atoms with van der Waals surface area (Å²) in [7, 11) is 0. The number of nitrogens with one attached hydrogen (secondary N) is 1. The lowest BCUT2D eigenvalue weighted by Crippen LogP contribution is -2.57. The molecular formula is C17H22N2OS. The molecule has 4 rings (SSSR count). The number of rotatable bonds is 4. The summed E-state index contributed by atoms with van der Waals surface area (Å²) < 4.78 is 0. The van der Waals surface area contributed by atoms with Gasteiger partial charge in [0.25, 0.3) is 0 Å². The number of thioether (sulfide) groups is 1. The van der Waals surface area contributed by atoms with Gasteiger partial charge in [-0.2, -0.15) is 0 Å². The van der Waals surface area contributed by atoms with E-state index < -0.39 is 0 Å². The summed E-state index contributed by atoms with van der Waals surface area (Å²) in [5, 5.41) is 3.20. The molecule has 3 saturated heterocycles. The van der Waals surface area contributed by atoms with E-state index in [0.717, 1.165) is 11.4 Å². The van der Waals surface area contributed by atoms with Crippen LogP contribution in [-0.2, 0) is 4.79 Å². The van der Waals surface area contributed by atoms with E-state index in [9.17, 15) is 4.79 Å². The summed E-state index contributed by atoms with van der Waals surface area (Å²) >= 11 is 1.64. The molecule has 1 aromatic carbocycles. The Bertz CT molecular complexity index is 521. The number of allylic oxidation sites excluding steroid dienone is 1. The van der Waals surface area contributed by atoms with E-state index in [1.807, 2.05) is 25.1 Å². The van der Waals surface area contributed by atoms with Crippen molar-refractivity contribution in [2.24, 2.45) is 5.92 Å². The standard InChI is InChI=1S/C17H22N2OS/c1-13(21-15-5-3-2-4-6-15)11-17(20)18-16-12-19-9-7-14(16)8-10-19/h2-6,11,14,16H,7-10,12H2,1H3,(H,18,20)/b13-11-/t16-/m0/s1. The van der Waals surface area contributed by atoms with Crippen molar-refractivity contribution in [2.75, 3.05) is 19.6 Å². The average Bonchev–Trinajstić information content (AvgIpc) is 2.49. The number of hydrogen-bond acceptors (Lipinski definition) is 3. The second-order valence-electron chi connectivity index (χ2n) is 5.92. The predicted octanol–water partition coefficient (Wildman–Crippen LogP) is 2.89. The molecule has 3 aliphatic rings. The Morgan fingerprint density at radius 1 is 1.29 bits per heavy atom. The number of fused-ring (bicyclic) bond motifs is 3. The third kappa shape index (κ3) is 3.89. The SMILES string of the molecule is C/C(=C/C(=O)N[C@H]1CN2CCC1CC2)Sc1ccccc1. The van der Waals surface area contributed by atoms with Gasteiger partial charge in [-0.3, -0.25) is 4.79 Å². The lowest BCUT2D eigenvalue weighted by Gasteiger charge is -2.44. The highest BCUT2D eigenvalue weighted by molar-refractivity contribution is 8.03. The highest BCUT2D eigenvalue weighted by Crippen LogP contribution is 2.28. The maximum Gasteiger partial charge on any atom is 0.245 e. The monoisotopic (exact) mass is 302 g/mol. The molecule has 1 atom stereocenters. The van der Waals surface area contributed by atoms with Crippen molar-refractivity contribution in [1.29, 1.82) is 0 Å². The predicted molar refractivity (Wildman–Crippen MR) is 87.2 cm³/mol. The summed E-state index contributed by atoms with van der Waals surface area (Å²) in [6.45, 7) is 5.43. The minimum absolute atomic E-state index is 0.0506. The maximum absolute atomic E-state index is 12.2. The van der Waals surface area contributed by atoms with Crippen LogP contribution in [0.3, 0.4) is 0 Å². The highest BCUT2D eigenvalue weighted by atomic mass is 32.2. The van der Waals surface area contributed by atoms with Crippen molar-refractivity contribution in [3.63, 3.8) is 0 Å². The van der Waals surface area contributed by atoms with Crippen LogP contribution in [0.4, 0.5) is 0 Å². The fourth-order valence-corrected chi connectivity index (χ4v) is 4.07. The second kappa shape index (κ2) is 6.67. The first-order chi connectivity index (χ1) is 10.2. The number of carbonyl (C=O) groups is 1. The molecule has 0 radical (unpaired) electrons. The molecule has 0 spiro atoms. The van der Waals surface area contributed by atoms with Gasteiger partial charge >= 0.3 is 0 Å². The number of amides is 1. The molecule has 3 fully saturated rings. The Hall–Kier alpha value is -1.26. The summed E-state index contributed by atoms with van der Waals surface area (Å²) in [6, 6.07) is 10.5. The van der Waals surface area contributed by atoms with Crippen LogP contribution in [0.5, 0.6) is 0 Å². The van der Waals surface area contributed by atoms with Gasteiger partial charge in [0.15, 0.2) is 0 Å². The van der Waals surface area contributed by atoms with Gasteiger partial charge in [-0.25, -0.2) is 0 Å². The molecule has 0 aliphatic carbocycles. The zero-order valence-electron chi connectivity index (χ0n) is 12.4. The maximum atomic E-state index is 12.2. The Morgan fingerprint density at radius 2 is 2.00 bits per heavy atom. The molecule has 1 amide bonds. The van der Waals surface area contributed by atoms with Gasteiger partial charge in [0.2, 0.25) is 5.91 Å². The fraction of sp³-hybridized carbons (Fsp3) is 0.471. The number of piperidine rings is 3. The van der Waals surface area contributed by atoms with E-state index >= 15 is 0 Å². The van der Waals surface area contributed by atoms with Crippen molar-refractivity contribution in [3.8, 4) is 0 Å². The first-order valence-corrected chi connectivity index (χ1v) is 8.46. The van der Waals surface area contributed by atoms with E-state index in [0.29, 0.717) is 12.0 Å². The van der Waals surface area contributed by atoms with Crippen LogP contribution in [0, 0.1) is 5.92 Å². The van der Waals surface area contributed by atoms with Gasteiger partial charge < -0.3 is 10.2 Å². The van der Waals surface area contributed by atoms with Crippen LogP contribution in [0.1, 0.15) is 19.8 Å². The molecule has 0 aromatic heterocycles. The largest absolute Gasteiger partial charge is 0.348 e. The first-order valence-electron chi connectivity index (χ1n) is 7.65. The van der Waals surface area contributed by atoms with Gasteiger partial charge in [0, 0.05) is 23.6 Å². The van der Waals surface area contributed by atoms with Crippen LogP contribution in [0.25, 0.3) is 0 Å². The second-order valence-corrected chi connectivity index (χ2v) is 7.24. The van der Waals surface area contributed by atoms with E-state index in [-0.39, 0.29) is 5.91 Å². The molecule has 3 aliphatic heterocycles. The molecular weight excluding hydrogens is 280 g/mol. The molecule has 4 heteroatoms. The van der Waals surface area contributed by atoms with Crippen molar-refractivity contribution >= 4 is 17.7 Å². The molecule has 1 aromatic rings. The van der Waals surface area contributed by atoms with Crippen LogP contribution in [-0.4, -0.2) is 36.5 Å². The zero-order valence-corrected chi connectivity index (χ0v) is 13.2. The average molecular weight is 302 g/mol. The lowest BCUT2D eigenvalue weighted by molar-refractivity contribution is -0.118. The molecule has 3 heterocycles. The van der Waals surface area contributed by atoms with Crippen LogP contribution in [0.15, 0.2) is 46.2 Å². The van der Waals surface area contributed by atoms with Gasteiger partial charge in [0.1, 0.15) is 0 Å². The minimum Gasteiger partial charge on any atom is -0.348 e. The van der Waals surface area contributed by atoms with Crippen molar-refractivity contribution < 1.29 is 4.79 Å². The van der Waals surface area contributed by atoms with Gasteiger partial charge in [0.05, 0.1) is 0 Å². The topological polar surface area (TPSA) is 32.3 Å². The van der Waals surface area contributed by atoms with Gasteiger partial charge in [-0.05, 0) is 55.8 Å². The third-order valence-electron chi connectivity index (χ3n) is 4.34. The Labute approximate surface area is 130 Å². The summed E-state index contributed by atoms with van der Waals surface area (Å²) in [5.74, 6) is 0.726. The summed E-state index contributed by atoms with van der Waals surface area (Å²) in [4.78, 5) is 16.8. The van der Waals surface area contributed by atoms with E-state index in [1.165, 1.54) is 30.8 Å². The summed E-state index contributed by atoms with van der Waals surface area (Å²) in [6.07, 6.45) is 4.19. The third-order valence-corrected chi connectivity index (χ3v) is 5.29. The van der Waals surface area contributed by atoms with Crippen LogP contribution < -0.4 is 5.32 Å². The first kappa shape index (κ1) is 14.7. The quantitative estimate of drug-likeness (QED) is 0.685. The van der Waals surface area contributed by atoms with Crippen molar-refractivity contribution in [2.45, 2.75) is 30.7 Å². The molecule has 0 unspecified atom stereocenters. The zero-order chi connectivity index (χ0) is 14.7. The fourth-order valence-electron chi connectivity index (χ4n) is 3.24. The minimum atomic E-state index is 0.0506. The highest BCUT2D eigenvalue weighted by Gasteiger charge is 2.34. The Kier molecular flexibility index (Phi) is 4.66.